The molecule has 0 amide bonds. The van der Waals surface area contributed by atoms with E-state index in [1.54, 1.807) is 0 Å². The summed E-state index contributed by atoms with van der Waals surface area (Å²) in [5.74, 6) is 0. The van der Waals surface area contributed by atoms with Crippen molar-refractivity contribution < 1.29 is 0 Å². The van der Waals surface area contributed by atoms with Gasteiger partial charge in [0.1, 0.15) is 0 Å². The maximum Gasteiger partial charge on any atom is 0.0543 e. The number of hydrogen-bond donors (Lipinski definition) is 0. The largest absolute Gasteiger partial charge is 0.310 e. The monoisotopic (exact) mass is 794 g/mol. The summed E-state index contributed by atoms with van der Waals surface area (Å²) in [5, 5.41) is 2.50. The number of para-hydroxylation sites is 2. The van der Waals surface area contributed by atoms with Crippen molar-refractivity contribution in [1.82, 2.24) is 4.57 Å². The topological polar surface area (TPSA) is 8.17 Å². The van der Waals surface area contributed by atoms with Crippen LogP contribution in [0.2, 0.25) is 0 Å². The fourth-order valence-corrected chi connectivity index (χ4v) is 10.9. The third-order valence-corrected chi connectivity index (χ3v) is 14.0. The number of fused-ring (bicyclic) bond motifs is 9. The van der Waals surface area contributed by atoms with E-state index in [2.05, 4.69) is 243 Å². The fraction of sp³-hybridized carbons (Fsp3) is 0.100. The fourth-order valence-electron chi connectivity index (χ4n) is 10.9. The molecule has 0 spiro atoms. The normalized spacial score (nSPS) is 14.1. The Balaban J connectivity index is 1.03. The predicted molar refractivity (Wildman–Crippen MR) is 261 cm³/mol. The van der Waals surface area contributed by atoms with Crippen molar-refractivity contribution in [2.24, 2.45) is 0 Å². The lowest BCUT2D eigenvalue weighted by molar-refractivity contribution is 0.660. The van der Waals surface area contributed by atoms with Crippen molar-refractivity contribution in [3.63, 3.8) is 0 Å². The minimum atomic E-state index is -0.125. The molecule has 2 nitrogen and oxygen atoms in total. The van der Waals surface area contributed by atoms with E-state index in [-0.39, 0.29) is 10.8 Å². The Labute approximate surface area is 364 Å². The molecule has 12 rings (SSSR count). The third-order valence-electron chi connectivity index (χ3n) is 14.0. The number of anilines is 3. The van der Waals surface area contributed by atoms with Gasteiger partial charge in [0, 0.05) is 44.2 Å². The summed E-state index contributed by atoms with van der Waals surface area (Å²) in [6, 6.07) is 76.6. The average Bonchev–Trinajstić information content (AvgIpc) is 3.86. The molecule has 10 aromatic rings. The van der Waals surface area contributed by atoms with E-state index in [0.29, 0.717) is 0 Å². The van der Waals surface area contributed by atoms with Gasteiger partial charge >= 0.3 is 0 Å². The number of hydrogen-bond acceptors (Lipinski definition) is 1. The van der Waals surface area contributed by atoms with Crippen LogP contribution in [0.5, 0.6) is 0 Å². The first-order valence-electron chi connectivity index (χ1n) is 21.8. The van der Waals surface area contributed by atoms with Gasteiger partial charge in [-0.25, -0.2) is 0 Å². The zero-order chi connectivity index (χ0) is 41.7. The Morgan fingerprint density at radius 2 is 0.887 bits per heavy atom. The van der Waals surface area contributed by atoms with Gasteiger partial charge in [-0.2, -0.15) is 0 Å². The van der Waals surface area contributed by atoms with E-state index < -0.39 is 0 Å². The molecular weight excluding hydrogens is 749 g/mol. The summed E-state index contributed by atoms with van der Waals surface area (Å²) in [5.41, 5.74) is 22.4. The van der Waals surface area contributed by atoms with Crippen LogP contribution in [0.4, 0.5) is 17.1 Å². The maximum absolute atomic E-state index is 2.50. The number of benzene rings is 9. The molecule has 0 radical (unpaired) electrons. The second kappa shape index (κ2) is 13.5. The molecule has 0 bridgehead atoms. The van der Waals surface area contributed by atoms with Gasteiger partial charge < -0.3 is 9.47 Å². The van der Waals surface area contributed by atoms with E-state index in [1.807, 2.05) is 0 Å². The van der Waals surface area contributed by atoms with Crippen molar-refractivity contribution in [1.29, 1.82) is 0 Å². The molecule has 2 aliphatic carbocycles. The molecule has 1 aromatic heterocycles. The van der Waals surface area contributed by atoms with Crippen LogP contribution >= 0.6 is 0 Å². The third kappa shape index (κ3) is 5.36. The van der Waals surface area contributed by atoms with E-state index in [4.69, 9.17) is 0 Å². The molecule has 0 saturated carbocycles. The number of aromatic nitrogens is 1. The van der Waals surface area contributed by atoms with Crippen LogP contribution < -0.4 is 4.90 Å². The van der Waals surface area contributed by atoms with Gasteiger partial charge in [-0.1, -0.05) is 167 Å². The molecule has 2 aliphatic rings. The zero-order valence-electron chi connectivity index (χ0n) is 35.5. The predicted octanol–water partition coefficient (Wildman–Crippen LogP) is 16.2. The van der Waals surface area contributed by atoms with Crippen molar-refractivity contribution in [2.75, 3.05) is 4.90 Å². The lowest BCUT2D eigenvalue weighted by atomic mass is 9.81. The lowest BCUT2D eigenvalue weighted by Crippen LogP contribution is -2.16. The van der Waals surface area contributed by atoms with E-state index >= 15 is 0 Å². The Morgan fingerprint density at radius 1 is 0.355 bits per heavy atom. The van der Waals surface area contributed by atoms with E-state index in [1.165, 1.54) is 99.9 Å². The minimum absolute atomic E-state index is 0.0731. The van der Waals surface area contributed by atoms with Crippen LogP contribution in [0, 0.1) is 0 Å². The smallest absolute Gasteiger partial charge is 0.0543 e. The molecule has 0 aliphatic heterocycles. The van der Waals surface area contributed by atoms with E-state index in [0.717, 1.165) is 11.4 Å². The van der Waals surface area contributed by atoms with Crippen LogP contribution in [0.15, 0.2) is 206 Å². The second-order valence-electron chi connectivity index (χ2n) is 18.2. The molecule has 0 unspecified atom stereocenters. The SMILES string of the molecule is CC1(C)c2ccccc2-c2ccc(-c3cccc(N(c4cccc(-c5ccc6c(c5)c5ccccc5n6-c5ccccc5)c4)c4cccc5c4-c4ccccc4C5(C)C)c3)cc21. The van der Waals surface area contributed by atoms with Gasteiger partial charge in [-0.15, -0.1) is 0 Å². The first kappa shape index (κ1) is 36.4. The second-order valence-corrected chi connectivity index (χ2v) is 18.2. The molecule has 1 heterocycles. The lowest BCUT2D eigenvalue weighted by Gasteiger charge is -2.29. The Bertz CT molecular complexity index is 3420. The highest BCUT2D eigenvalue weighted by Crippen LogP contribution is 2.55. The molecule has 9 aromatic carbocycles. The molecule has 62 heavy (non-hydrogen) atoms. The summed E-state index contributed by atoms with van der Waals surface area (Å²) in [7, 11) is 0. The van der Waals surface area contributed by atoms with Crippen molar-refractivity contribution in [3.8, 4) is 50.2 Å². The van der Waals surface area contributed by atoms with Crippen molar-refractivity contribution in [3.05, 3.63) is 229 Å². The standard InChI is InChI=1S/C60H46N2/c1-59(2)52-27-12-9-25-49(52)58-53(59)28-16-30-57(58)61(45-22-15-18-40(36-45)42-31-33-47-46-23-8-11-26-51(46)60(3,4)54(47)38-42)44-21-14-17-39(35-44)41-32-34-56-50(37-41)48-24-10-13-29-55(48)62(56)43-19-6-5-7-20-43/h5-38H,1-4H3. The van der Waals surface area contributed by atoms with Crippen LogP contribution in [0.1, 0.15) is 49.9 Å². The number of rotatable bonds is 6. The summed E-state index contributed by atoms with van der Waals surface area (Å²) in [4.78, 5) is 2.50. The Hall–Kier alpha value is -7.42. The first-order chi connectivity index (χ1) is 30.3. The van der Waals surface area contributed by atoms with Crippen molar-refractivity contribution in [2.45, 2.75) is 38.5 Å². The van der Waals surface area contributed by atoms with E-state index in [9.17, 15) is 0 Å². The molecule has 296 valence electrons. The minimum Gasteiger partial charge on any atom is -0.310 e. The molecule has 0 saturated heterocycles. The Morgan fingerprint density at radius 3 is 1.65 bits per heavy atom. The molecule has 0 atom stereocenters. The molecule has 0 N–H and O–H groups in total. The summed E-state index contributed by atoms with van der Waals surface area (Å²) in [6.45, 7) is 9.46. The average molecular weight is 795 g/mol. The quantitative estimate of drug-likeness (QED) is 0.163. The van der Waals surface area contributed by atoms with Crippen LogP contribution in [-0.4, -0.2) is 4.57 Å². The van der Waals surface area contributed by atoms with Crippen LogP contribution in [-0.2, 0) is 10.8 Å². The van der Waals surface area contributed by atoms with Gasteiger partial charge in [0.25, 0.3) is 0 Å². The maximum atomic E-state index is 2.50. The van der Waals surface area contributed by atoms with Gasteiger partial charge in [0.15, 0.2) is 0 Å². The van der Waals surface area contributed by atoms with Gasteiger partial charge in [-0.05, 0) is 128 Å². The molecule has 0 fully saturated rings. The van der Waals surface area contributed by atoms with Crippen LogP contribution in [0.3, 0.4) is 0 Å². The molecule has 2 heteroatoms. The van der Waals surface area contributed by atoms with Gasteiger partial charge in [-0.3, -0.25) is 0 Å². The summed E-state index contributed by atoms with van der Waals surface area (Å²) in [6.07, 6.45) is 0. The molecular formula is C60H46N2. The van der Waals surface area contributed by atoms with Gasteiger partial charge in [0.05, 0.1) is 16.7 Å². The number of nitrogens with zero attached hydrogens (tertiary/aromatic N) is 2. The highest BCUT2D eigenvalue weighted by atomic mass is 15.1. The van der Waals surface area contributed by atoms with Crippen LogP contribution in [0.25, 0.3) is 72.0 Å². The highest BCUT2D eigenvalue weighted by Gasteiger charge is 2.38. The zero-order valence-corrected chi connectivity index (χ0v) is 35.5. The highest BCUT2D eigenvalue weighted by molar-refractivity contribution is 6.10. The summed E-state index contributed by atoms with van der Waals surface area (Å²) >= 11 is 0. The Kier molecular flexibility index (Phi) is 7.96. The summed E-state index contributed by atoms with van der Waals surface area (Å²) < 4.78 is 2.38. The first-order valence-corrected chi connectivity index (χ1v) is 21.8. The van der Waals surface area contributed by atoms with Gasteiger partial charge in [0.2, 0.25) is 0 Å². The van der Waals surface area contributed by atoms with Crippen molar-refractivity contribution >= 4 is 38.9 Å².